The normalized spacial score (nSPS) is 15.8. The number of amides is 2. The average molecular weight is 501 g/mol. The number of carbonyl (C=O) groups is 2. The number of hydrogen-bond acceptors (Lipinski definition) is 8. The second kappa shape index (κ2) is 10.3. The molecule has 1 aliphatic rings. The largest absolute Gasteiger partial charge is 0.467 e. The maximum Gasteiger partial charge on any atom is 0.338 e. The van der Waals surface area contributed by atoms with E-state index in [1.54, 1.807) is 29.7 Å². The summed E-state index contributed by atoms with van der Waals surface area (Å²) in [7, 11) is 0. The van der Waals surface area contributed by atoms with Gasteiger partial charge in [-0.15, -0.1) is 17.9 Å². The van der Waals surface area contributed by atoms with Crippen molar-refractivity contribution in [1.82, 2.24) is 20.2 Å². The van der Waals surface area contributed by atoms with Crippen molar-refractivity contribution >= 4 is 45.3 Å². The monoisotopic (exact) mass is 500 g/mol. The Balaban J connectivity index is 1.75. The lowest BCUT2D eigenvalue weighted by Crippen LogP contribution is -2.46. The highest BCUT2D eigenvalue weighted by Crippen LogP contribution is 2.31. The molecule has 34 heavy (non-hydrogen) atoms. The van der Waals surface area contributed by atoms with E-state index in [0.717, 1.165) is 11.3 Å². The summed E-state index contributed by atoms with van der Waals surface area (Å²) in [6.07, 6.45) is 3.92. The van der Waals surface area contributed by atoms with Gasteiger partial charge >= 0.3 is 12.0 Å². The Morgan fingerprint density at radius 3 is 2.91 bits per heavy atom. The van der Waals surface area contributed by atoms with Gasteiger partial charge in [0.15, 0.2) is 5.16 Å². The lowest BCUT2D eigenvalue weighted by molar-refractivity contribution is -0.139. The van der Waals surface area contributed by atoms with Crippen LogP contribution in [0.4, 0.5) is 4.79 Å². The molecule has 9 nitrogen and oxygen atoms in total. The van der Waals surface area contributed by atoms with Gasteiger partial charge < -0.3 is 19.8 Å². The van der Waals surface area contributed by atoms with Crippen LogP contribution in [0.1, 0.15) is 30.5 Å². The summed E-state index contributed by atoms with van der Waals surface area (Å²) in [5.41, 5.74) is 0.464. The molecule has 3 aromatic rings. The zero-order valence-electron chi connectivity index (χ0n) is 18.8. The number of rotatable bonds is 9. The maximum atomic E-state index is 13.1. The van der Waals surface area contributed by atoms with Gasteiger partial charge in [-0.05, 0) is 31.5 Å². The van der Waals surface area contributed by atoms with Crippen LogP contribution in [-0.4, -0.2) is 33.9 Å². The Hall–Kier alpha value is -3.31. The third kappa shape index (κ3) is 4.66. The van der Waals surface area contributed by atoms with Gasteiger partial charge in [0.05, 0.1) is 23.8 Å². The highest BCUT2D eigenvalue weighted by Gasteiger charge is 2.35. The Kier molecular flexibility index (Phi) is 7.23. The Morgan fingerprint density at radius 2 is 2.24 bits per heavy atom. The van der Waals surface area contributed by atoms with E-state index in [9.17, 15) is 14.4 Å². The number of nitrogens with zero attached hydrogens (tertiary/aromatic N) is 2. The number of hydrogen-bond donors (Lipinski definition) is 2. The van der Waals surface area contributed by atoms with Crippen molar-refractivity contribution in [3.05, 3.63) is 69.4 Å². The molecule has 0 aromatic carbocycles. The van der Waals surface area contributed by atoms with Crippen LogP contribution in [0.15, 0.2) is 62.8 Å². The maximum absolute atomic E-state index is 13.1. The zero-order chi connectivity index (χ0) is 24.2. The van der Waals surface area contributed by atoms with Crippen molar-refractivity contribution in [3.63, 3.8) is 0 Å². The van der Waals surface area contributed by atoms with E-state index in [1.165, 1.54) is 29.4 Å². The second-order valence-electron chi connectivity index (χ2n) is 7.33. The molecule has 1 atom stereocenters. The summed E-state index contributed by atoms with van der Waals surface area (Å²) < 4.78 is 12.3. The third-order valence-corrected chi connectivity index (χ3v) is 7.33. The van der Waals surface area contributed by atoms with Crippen molar-refractivity contribution in [2.45, 2.75) is 38.0 Å². The van der Waals surface area contributed by atoms with Gasteiger partial charge in [0, 0.05) is 22.9 Å². The molecule has 0 fully saturated rings. The molecule has 2 N–H and O–H groups in total. The fourth-order valence-electron chi connectivity index (χ4n) is 3.61. The average Bonchev–Trinajstić information content (AvgIpc) is 3.49. The van der Waals surface area contributed by atoms with Crippen LogP contribution >= 0.6 is 23.1 Å². The number of aromatic nitrogens is 2. The van der Waals surface area contributed by atoms with Crippen LogP contribution in [0, 0.1) is 0 Å². The summed E-state index contributed by atoms with van der Waals surface area (Å²) in [4.78, 5) is 44.8. The summed E-state index contributed by atoms with van der Waals surface area (Å²) in [6.45, 7) is 7.96. The Bertz CT molecular complexity index is 1320. The lowest BCUT2D eigenvalue weighted by Gasteiger charge is -2.27. The molecule has 1 aliphatic heterocycles. The molecule has 0 radical (unpaired) electrons. The number of allylic oxidation sites excluding steroid dienone is 1. The topological polar surface area (TPSA) is 115 Å². The minimum atomic E-state index is -0.798. The number of ether oxygens (including phenoxy) is 1. The molecule has 0 aliphatic carbocycles. The van der Waals surface area contributed by atoms with Gasteiger partial charge in [0.1, 0.15) is 16.6 Å². The number of carbonyl (C=O) groups excluding carboxylic acids is 2. The third-order valence-electron chi connectivity index (χ3n) is 5.15. The molecule has 11 heteroatoms. The molecule has 2 amide bonds. The predicted octanol–water partition coefficient (Wildman–Crippen LogP) is 3.76. The fourth-order valence-corrected chi connectivity index (χ4v) is 5.59. The van der Waals surface area contributed by atoms with Crippen molar-refractivity contribution in [3.8, 4) is 0 Å². The lowest BCUT2D eigenvalue weighted by atomic mass is 10.0. The molecule has 4 heterocycles. The number of urea groups is 1. The number of aryl methyl sites for hydroxylation is 1. The van der Waals surface area contributed by atoms with E-state index in [2.05, 4.69) is 17.2 Å². The zero-order valence-corrected chi connectivity index (χ0v) is 20.4. The Morgan fingerprint density at radius 1 is 1.41 bits per heavy atom. The van der Waals surface area contributed by atoms with Gasteiger partial charge in [0.25, 0.3) is 5.56 Å². The number of thioether (sulfide) groups is 1. The van der Waals surface area contributed by atoms with Crippen LogP contribution in [0.2, 0.25) is 0 Å². The fraction of sp³-hybridized carbons (Fsp3) is 0.304. The van der Waals surface area contributed by atoms with Gasteiger partial charge in [-0.1, -0.05) is 24.8 Å². The Labute approximate surface area is 203 Å². The van der Waals surface area contributed by atoms with Crippen LogP contribution < -0.4 is 16.2 Å². The number of fused-ring (bicyclic) bond motifs is 1. The van der Waals surface area contributed by atoms with E-state index in [-0.39, 0.29) is 30.0 Å². The predicted molar refractivity (Wildman–Crippen MR) is 131 cm³/mol. The van der Waals surface area contributed by atoms with E-state index < -0.39 is 18.0 Å². The smallest absolute Gasteiger partial charge is 0.338 e. The number of nitrogens with one attached hydrogen (secondary N) is 2. The van der Waals surface area contributed by atoms with Crippen molar-refractivity contribution in [1.29, 1.82) is 0 Å². The molecule has 3 aromatic heterocycles. The van der Waals surface area contributed by atoms with Gasteiger partial charge in [-0.3, -0.25) is 9.36 Å². The van der Waals surface area contributed by atoms with Crippen LogP contribution in [-0.2, 0) is 22.5 Å². The van der Waals surface area contributed by atoms with E-state index in [0.29, 0.717) is 26.8 Å². The summed E-state index contributed by atoms with van der Waals surface area (Å²) in [6, 6.07) is 3.97. The van der Waals surface area contributed by atoms with Crippen molar-refractivity contribution in [2.75, 3.05) is 12.4 Å². The van der Waals surface area contributed by atoms with E-state index >= 15 is 0 Å². The molecule has 4 rings (SSSR count). The van der Waals surface area contributed by atoms with Gasteiger partial charge in [-0.25, -0.2) is 14.6 Å². The van der Waals surface area contributed by atoms with E-state index in [1.807, 2.05) is 13.0 Å². The molecule has 0 saturated heterocycles. The van der Waals surface area contributed by atoms with Crippen LogP contribution in [0.5, 0.6) is 0 Å². The first-order valence-electron chi connectivity index (χ1n) is 10.7. The molecule has 1 unspecified atom stereocenters. The first-order valence-corrected chi connectivity index (χ1v) is 12.5. The summed E-state index contributed by atoms with van der Waals surface area (Å²) >= 11 is 2.73. The highest BCUT2D eigenvalue weighted by molar-refractivity contribution is 7.99. The number of thiophene rings is 1. The molecule has 0 bridgehead atoms. The number of esters is 1. The summed E-state index contributed by atoms with van der Waals surface area (Å²) in [5, 5.41) is 6.48. The minimum Gasteiger partial charge on any atom is -0.467 e. The molecular formula is C23H24N4O5S2. The van der Waals surface area contributed by atoms with Gasteiger partial charge in [-0.2, -0.15) is 0 Å². The highest BCUT2D eigenvalue weighted by atomic mass is 32.2. The molecular weight excluding hydrogens is 476 g/mol. The van der Waals surface area contributed by atoms with Crippen molar-refractivity contribution in [2.24, 2.45) is 0 Å². The SMILES string of the molecule is C=CCn1c(SCC2=C(C(=O)OCC)C(c3ccco3)NC(=O)N2)nc2sc(CC)cc2c1=O. The first-order chi connectivity index (χ1) is 16.5. The van der Waals surface area contributed by atoms with Gasteiger partial charge in [0.2, 0.25) is 0 Å². The van der Waals surface area contributed by atoms with Crippen LogP contribution in [0.3, 0.4) is 0 Å². The minimum absolute atomic E-state index is 0.147. The number of furan rings is 1. The second-order valence-corrected chi connectivity index (χ2v) is 9.39. The standard InChI is InChI=1S/C23H24N4O5S2/c1-4-9-27-20(28)14-11-13(5-2)34-19(14)26-23(27)33-12-15-17(21(29)31-6-3)18(25-22(30)24-15)16-8-7-10-32-16/h4,7-8,10-11,18H,1,5-6,9,12H2,2-3H3,(H2,24,25,30). The first kappa shape index (κ1) is 23.8. The van der Waals surface area contributed by atoms with Crippen LogP contribution in [0.25, 0.3) is 10.2 Å². The summed E-state index contributed by atoms with van der Waals surface area (Å²) in [5.74, 6) is 0.0267. The molecule has 0 saturated carbocycles. The quantitative estimate of drug-likeness (QED) is 0.199. The molecule has 178 valence electrons. The van der Waals surface area contributed by atoms with Crippen molar-refractivity contribution < 1.29 is 18.7 Å². The van der Waals surface area contributed by atoms with E-state index in [4.69, 9.17) is 14.1 Å². The molecule has 0 spiro atoms.